The largest absolute Gasteiger partial charge is 0.478 e. The molecule has 0 saturated carbocycles. The van der Waals surface area contributed by atoms with Gasteiger partial charge < -0.3 is 15.5 Å². The molecule has 0 aromatic heterocycles. The molecular weight excluding hydrogens is 433 g/mol. The molecule has 31 heavy (non-hydrogen) atoms. The van der Waals surface area contributed by atoms with Gasteiger partial charge in [0.2, 0.25) is 0 Å². The molecule has 0 fully saturated rings. The topological polar surface area (TPSA) is 69.6 Å². The summed E-state index contributed by atoms with van der Waals surface area (Å²) in [4.78, 5) is 11.1. The van der Waals surface area contributed by atoms with Crippen LogP contribution in [0, 0.1) is 6.92 Å². The number of carbonyl (C=O) groups is 1. The summed E-state index contributed by atoms with van der Waals surface area (Å²) in [6.45, 7) is 4.47. The van der Waals surface area contributed by atoms with Gasteiger partial charge in [-0.2, -0.15) is 0 Å². The van der Waals surface area contributed by atoms with E-state index < -0.39 is 12.1 Å². The molecule has 0 spiro atoms. The van der Waals surface area contributed by atoms with Crippen LogP contribution in [0.4, 0.5) is 0 Å². The van der Waals surface area contributed by atoms with E-state index in [9.17, 15) is 9.90 Å². The molecule has 4 nitrogen and oxygen atoms in total. The fourth-order valence-corrected chi connectivity index (χ4v) is 3.71. The lowest BCUT2D eigenvalue weighted by Gasteiger charge is -2.18. The Bertz CT molecular complexity index is 1020. The van der Waals surface area contributed by atoms with Gasteiger partial charge in [-0.1, -0.05) is 54.1 Å². The first-order chi connectivity index (χ1) is 14.3. The van der Waals surface area contributed by atoms with Crippen LogP contribution in [0.1, 0.15) is 40.1 Å². The molecule has 0 radical (unpaired) electrons. The number of hydrogen-bond acceptors (Lipinski definition) is 3. The number of aromatic carboxylic acids is 1. The van der Waals surface area contributed by atoms with Crippen LogP contribution in [0.2, 0.25) is 5.02 Å². The van der Waals surface area contributed by atoms with E-state index in [1.807, 2.05) is 25.1 Å². The molecule has 2 atom stereocenters. The van der Waals surface area contributed by atoms with Crippen LogP contribution in [-0.4, -0.2) is 28.8 Å². The predicted molar refractivity (Wildman–Crippen MR) is 128 cm³/mol. The van der Waals surface area contributed by atoms with Crippen molar-refractivity contribution in [2.24, 2.45) is 0 Å². The summed E-state index contributed by atoms with van der Waals surface area (Å²) >= 11 is 5.99. The van der Waals surface area contributed by atoms with Gasteiger partial charge in [0.05, 0.1) is 11.7 Å². The van der Waals surface area contributed by atoms with Crippen molar-refractivity contribution < 1.29 is 15.0 Å². The highest BCUT2D eigenvalue weighted by Gasteiger charge is 2.11. The summed E-state index contributed by atoms with van der Waals surface area (Å²) in [5.41, 5.74) is 5.32. The molecule has 0 heterocycles. The molecule has 3 N–H and O–H groups in total. The molecule has 3 aromatic carbocycles. The van der Waals surface area contributed by atoms with E-state index in [1.54, 1.807) is 24.3 Å². The first kappa shape index (κ1) is 24.9. The van der Waals surface area contributed by atoms with Gasteiger partial charge in [0.1, 0.15) is 0 Å². The summed E-state index contributed by atoms with van der Waals surface area (Å²) < 4.78 is 0. The Morgan fingerprint density at radius 2 is 1.77 bits per heavy atom. The van der Waals surface area contributed by atoms with E-state index in [0.29, 0.717) is 17.1 Å². The zero-order chi connectivity index (χ0) is 21.7. The van der Waals surface area contributed by atoms with Crippen LogP contribution in [0.3, 0.4) is 0 Å². The molecule has 0 aliphatic rings. The van der Waals surface area contributed by atoms with Crippen LogP contribution in [-0.2, 0) is 6.42 Å². The summed E-state index contributed by atoms with van der Waals surface area (Å²) in [6.07, 6.45) is 0.227. The van der Waals surface area contributed by atoms with Gasteiger partial charge in [0.15, 0.2) is 0 Å². The second kappa shape index (κ2) is 11.3. The van der Waals surface area contributed by atoms with E-state index in [0.717, 1.165) is 28.7 Å². The number of benzene rings is 3. The minimum Gasteiger partial charge on any atom is -0.478 e. The molecule has 0 bridgehead atoms. The number of halogens is 2. The van der Waals surface area contributed by atoms with E-state index in [4.69, 9.17) is 16.7 Å². The average Bonchev–Trinajstić information content (AvgIpc) is 2.72. The minimum absolute atomic E-state index is 0. The van der Waals surface area contributed by atoms with E-state index >= 15 is 0 Å². The van der Waals surface area contributed by atoms with E-state index in [1.165, 1.54) is 5.56 Å². The number of aliphatic hydroxyl groups is 1. The maximum atomic E-state index is 11.1. The standard InChI is InChI=1S/C25H26ClNO3.ClH/c1-16-12-21(25(29)30)10-11-23(16)19-8-6-18(7-9-19)13-17(2)27-15-24(28)20-4-3-5-22(26)14-20;/h3-12,14,17,24,27-28H,13,15H2,1-2H3,(H,29,30);1H/t17-,24+;/m1./s1. The number of carboxylic acids is 1. The summed E-state index contributed by atoms with van der Waals surface area (Å²) in [7, 11) is 0. The number of aryl methyl sites for hydroxylation is 1. The quantitative estimate of drug-likeness (QED) is 0.404. The van der Waals surface area contributed by atoms with Crippen LogP contribution in [0.25, 0.3) is 11.1 Å². The van der Waals surface area contributed by atoms with Crippen molar-refractivity contribution in [3.05, 3.63) is 94.0 Å². The lowest BCUT2D eigenvalue weighted by molar-refractivity contribution is 0.0697. The van der Waals surface area contributed by atoms with Crippen LogP contribution < -0.4 is 5.32 Å². The number of aliphatic hydroxyl groups excluding tert-OH is 1. The Morgan fingerprint density at radius 1 is 1.06 bits per heavy atom. The lowest BCUT2D eigenvalue weighted by Crippen LogP contribution is -2.32. The number of carboxylic acid groups (broad SMARTS) is 1. The molecule has 3 rings (SSSR count). The second-order valence-electron chi connectivity index (χ2n) is 7.62. The summed E-state index contributed by atoms with van der Waals surface area (Å²) in [5, 5.41) is 23.5. The highest BCUT2D eigenvalue weighted by molar-refractivity contribution is 6.30. The smallest absolute Gasteiger partial charge is 0.335 e. The molecular formula is C25H27Cl2NO3. The fourth-order valence-electron chi connectivity index (χ4n) is 3.51. The molecule has 6 heteroatoms. The number of rotatable bonds is 8. The predicted octanol–water partition coefficient (Wildman–Crippen LogP) is 5.69. The lowest BCUT2D eigenvalue weighted by atomic mass is 9.96. The van der Waals surface area contributed by atoms with Crippen LogP contribution in [0.5, 0.6) is 0 Å². The molecule has 0 saturated heterocycles. The fraction of sp³-hybridized carbons (Fsp3) is 0.240. The Morgan fingerprint density at radius 3 is 2.39 bits per heavy atom. The molecule has 0 unspecified atom stereocenters. The van der Waals surface area contributed by atoms with Gasteiger partial charge in [0, 0.05) is 17.6 Å². The van der Waals surface area contributed by atoms with E-state index in [-0.39, 0.29) is 18.4 Å². The maximum Gasteiger partial charge on any atom is 0.335 e. The van der Waals surface area contributed by atoms with Gasteiger partial charge >= 0.3 is 5.97 Å². The maximum absolute atomic E-state index is 11.1. The molecule has 0 aliphatic carbocycles. The third-order valence-corrected chi connectivity index (χ3v) is 5.41. The highest BCUT2D eigenvalue weighted by atomic mass is 35.5. The van der Waals surface area contributed by atoms with Crippen molar-refractivity contribution in [2.75, 3.05) is 6.54 Å². The number of nitrogens with one attached hydrogen (secondary N) is 1. The van der Waals surface area contributed by atoms with Crippen molar-refractivity contribution in [3.63, 3.8) is 0 Å². The highest BCUT2D eigenvalue weighted by Crippen LogP contribution is 2.25. The third kappa shape index (κ3) is 6.81. The van der Waals surface area contributed by atoms with Crippen molar-refractivity contribution in [3.8, 4) is 11.1 Å². The zero-order valence-electron chi connectivity index (χ0n) is 17.5. The summed E-state index contributed by atoms with van der Waals surface area (Å²) in [5.74, 6) is -0.915. The third-order valence-electron chi connectivity index (χ3n) is 5.17. The Labute approximate surface area is 194 Å². The first-order valence-corrected chi connectivity index (χ1v) is 10.3. The summed E-state index contributed by atoms with van der Waals surface area (Å²) in [6, 6.07) is 21.0. The Kier molecular flexibility index (Phi) is 9.08. The average molecular weight is 460 g/mol. The molecule has 3 aromatic rings. The van der Waals surface area contributed by atoms with Gasteiger partial charge in [-0.15, -0.1) is 12.4 Å². The van der Waals surface area contributed by atoms with Gasteiger partial charge in [-0.25, -0.2) is 4.79 Å². The van der Waals surface area contributed by atoms with E-state index in [2.05, 4.69) is 36.5 Å². The monoisotopic (exact) mass is 459 g/mol. The van der Waals surface area contributed by atoms with Crippen molar-refractivity contribution in [1.82, 2.24) is 5.32 Å². The minimum atomic E-state index is -0.915. The molecule has 164 valence electrons. The van der Waals surface area contributed by atoms with Crippen molar-refractivity contribution >= 4 is 30.0 Å². The Hall–Kier alpha value is -2.37. The normalized spacial score (nSPS) is 12.6. The zero-order valence-corrected chi connectivity index (χ0v) is 19.1. The van der Waals surface area contributed by atoms with Crippen LogP contribution >= 0.6 is 24.0 Å². The first-order valence-electron chi connectivity index (χ1n) is 9.93. The molecule has 0 amide bonds. The number of hydrogen-bond donors (Lipinski definition) is 3. The molecule has 0 aliphatic heterocycles. The SMILES string of the molecule is Cc1cc(C(=O)O)ccc1-c1ccc(C[C@@H](C)NC[C@H](O)c2cccc(Cl)c2)cc1.Cl. The van der Waals surface area contributed by atoms with Crippen molar-refractivity contribution in [1.29, 1.82) is 0 Å². The van der Waals surface area contributed by atoms with Crippen LogP contribution in [0.15, 0.2) is 66.7 Å². The van der Waals surface area contributed by atoms with Gasteiger partial charge in [-0.3, -0.25) is 0 Å². The van der Waals surface area contributed by atoms with Gasteiger partial charge in [0.25, 0.3) is 0 Å². The second-order valence-corrected chi connectivity index (χ2v) is 8.05. The van der Waals surface area contributed by atoms with Crippen molar-refractivity contribution in [2.45, 2.75) is 32.4 Å². The Balaban J connectivity index is 0.00000341. The van der Waals surface area contributed by atoms with Gasteiger partial charge in [-0.05, 0) is 72.4 Å².